The second-order valence-corrected chi connectivity index (χ2v) is 7.05. The molecule has 1 aliphatic heterocycles. The fourth-order valence-corrected chi connectivity index (χ4v) is 3.52. The maximum absolute atomic E-state index is 12.9. The normalized spacial score (nSPS) is 16.5. The van der Waals surface area contributed by atoms with Crippen LogP contribution in [0.2, 0.25) is 0 Å². The highest BCUT2D eigenvalue weighted by Gasteiger charge is 2.27. The van der Waals surface area contributed by atoms with Crippen molar-refractivity contribution in [3.8, 4) is 11.6 Å². The number of aromatic nitrogens is 5. The van der Waals surface area contributed by atoms with Gasteiger partial charge in [-0.3, -0.25) is 4.79 Å². The number of hydrogen-bond donors (Lipinski definition) is 1. The molecular weight excluding hydrogens is 370 g/mol. The van der Waals surface area contributed by atoms with E-state index in [4.69, 9.17) is 4.74 Å². The Balaban J connectivity index is 1.48. The summed E-state index contributed by atoms with van der Waals surface area (Å²) in [6.07, 6.45) is 6.30. The fourth-order valence-electron chi connectivity index (χ4n) is 3.52. The third-order valence-electron chi connectivity index (χ3n) is 5.02. The summed E-state index contributed by atoms with van der Waals surface area (Å²) in [6.45, 7) is 3.42. The Bertz CT molecular complexity index is 990. The van der Waals surface area contributed by atoms with Crippen molar-refractivity contribution in [3.63, 3.8) is 0 Å². The number of carbonyl (C=O) groups is 1. The average molecular weight is 393 g/mol. The Kier molecular flexibility index (Phi) is 5.37. The van der Waals surface area contributed by atoms with Crippen molar-refractivity contribution < 1.29 is 9.53 Å². The van der Waals surface area contributed by atoms with E-state index in [2.05, 4.69) is 30.3 Å². The van der Waals surface area contributed by atoms with Gasteiger partial charge in [-0.15, -0.1) is 0 Å². The van der Waals surface area contributed by atoms with E-state index in [1.807, 2.05) is 31.2 Å². The van der Waals surface area contributed by atoms with E-state index < -0.39 is 0 Å². The first kappa shape index (κ1) is 18.9. The smallest absolute Gasteiger partial charge is 0.229 e. The molecule has 0 unspecified atom stereocenters. The van der Waals surface area contributed by atoms with Gasteiger partial charge in [0.1, 0.15) is 30.5 Å². The third-order valence-corrected chi connectivity index (χ3v) is 5.02. The van der Waals surface area contributed by atoms with E-state index in [1.54, 1.807) is 18.1 Å². The summed E-state index contributed by atoms with van der Waals surface area (Å²) in [5.41, 5.74) is 1.76. The van der Waals surface area contributed by atoms with Gasteiger partial charge < -0.3 is 15.0 Å². The van der Waals surface area contributed by atoms with Crippen molar-refractivity contribution >= 4 is 17.4 Å². The SMILES string of the molecule is COc1ccc(C)cc1NC(=O)[C@H]1CCCN(c2cc(-n3cncn3)ncn2)C1. The van der Waals surface area contributed by atoms with E-state index in [-0.39, 0.29) is 11.8 Å². The summed E-state index contributed by atoms with van der Waals surface area (Å²) in [5, 5.41) is 7.14. The van der Waals surface area contributed by atoms with Gasteiger partial charge in [-0.25, -0.2) is 19.6 Å². The molecule has 1 fully saturated rings. The quantitative estimate of drug-likeness (QED) is 0.710. The maximum Gasteiger partial charge on any atom is 0.229 e. The predicted octanol–water partition coefficient (Wildman–Crippen LogP) is 2.23. The minimum Gasteiger partial charge on any atom is -0.495 e. The zero-order chi connectivity index (χ0) is 20.2. The van der Waals surface area contributed by atoms with Crippen LogP contribution in [0.5, 0.6) is 5.75 Å². The van der Waals surface area contributed by atoms with E-state index in [0.29, 0.717) is 23.8 Å². The van der Waals surface area contributed by atoms with Crippen LogP contribution in [0.3, 0.4) is 0 Å². The minimum absolute atomic E-state index is 0.0100. The minimum atomic E-state index is -0.140. The number of nitrogens with zero attached hydrogens (tertiary/aromatic N) is 6. The van der Waals surface area contributed by atoms with Crippen LogP contribution in [0.4, 0.5) is 11.5 Å². The van der Waals surface area contributed by atoms with Crippen LogP contribution in [-0.4, -0.2) is 50.8 Å². The molecule has 0 bridgehead atoms. The standard InChI is InChI=1S/C20H23N7O2/c1-14-5-6-17(29-2)16(8-14)25-20(28)15-4-3-7-26(10-15)18-9-19(23-12-22-18)27-13-21-11-24-27/h5-6,8-9,11-13,15H,3-4,7,10H2,1-2H3,(H,25,28)/t15-/m0/s1. The Hall–Kier alpha value is -3.49. The molecule has 1 atom stereocenters. The highest BCUT2D eigenvalue weighted by Crippen LogP contribution is 2.28. The van der Waals surface area contributed by atoms with Crippen LogP contribution in [0.1, 0.15) is 18.4 Å². The van der Waals surface area contributed by atoms with Gasteiger partial charge in [-0.2, -0.15) is 5.10 Å². The Morgan fingerprint density at radius 2 is 2.07 bits per heavy atom. The highest BCUT2D eigenvalue weighted by atomic mass is 16.5. The van der Waals surface area contributed by atoms with Crippen LogP contribution in [-0.2, 0) is 4.79 Å². The summed E-state index contributed by atoms with van der Waals surface area (Å²) < 4.78 is 6.96. The topological polar surface area (TPSA) is 98.1 Å². The van der Waals surface area contributed by atoms with E-state index >= 15 is 0 Å². The van der Waals surface area contributed by atoms with E-state index in [9.17, 15) is 4.79 Å². The molecule has 2 aromatic heterocycles. The Morgan fingerprint density at radius 3 is 2.86 bits per heavy atom. The van der Waals surface area contributed by atoms with Crippen LogP contribution >= 0.6 is 0 Å². The second kappa shape index (κ2) is 8.26. The van der Waals surface area contributed by atoms with Crippen LogP contribution in [0.15, 0.2) is 43.2 Å². The molecular formula is C20H23N7O2. The van der Waals surface area contributed by atoms with Crippen molar-refractivity contribution in [2.45, 2.75) is 19.8 Å². The highest BCUT2D eigenvalue weighted by molar-refractivity contribution is 5.94. The summed E-state index contributed by atoms with van der Waals surface area (Å²) in [4.78, 5) is 27.6. The molecule has 1 aromatic carbocycles. The maximum atomic E-state index is 12.9. The number of nitrogens with one attached hydrogen (secondary N) is 1. The summed E-state index contributed by atoms with van der Waals surface area (Å²) >= 11 is 0. The van der Waals surface area contributed by atoms with E-state index in [0.717, 1.165) is 30.8 Å². The number of carbonyl (C=O) groups excluding carboxylic acids is 1. The number of hydrogen-bond acceptors (Lipinski definition) is 7. The molecule has 0 saturated carbocycles. The molecule has 0 spiro atoms. The molecule has 0 radical (unpaired) electrons. The summed E-state index contributed by atoms with van der Waals surface area (Å²) in [5.74, 6) is 1.92. The number of piperidine rings is 1. The molecule has 1 saturated heterocycles. The molecule has 4 rings (SSSR count). The van der Waals surface area contributed by atoms with Gasteiger partial charge in [0.25, 0.3) is 0 Å². The lowest BCUT2D eigenvalue weighted by molar-refractivity contribution is -0.120. The van der Waals surface area contributed by atoms with Gasteiger partial charge in [0.15, 0.2) is 5.82 Å². The lowest BCUT2D eigenvalue weighted by Gasteiger charge is -2.33. The number of amides is 1. The molecule has 3 aromatic rings. The van der Waals surface area contributed by atoms with Crippen molar-refractivity contribution in [1.29, 1.82) is 0 Å². The van der Waals surface area contributed by atoms with Gasteiger partial charge in [0.2, 0.25) is 5.91 Å². The number of benzene rings is 1. The second-order valence-electron chi connectivity index (χ2n) is 7.05. The number of ether oxygens (including phenoxy) is 1. The monoisotopic (exact) mass is 393 g/mol. The first-order chi connectivity index (χ1) is 14.1. The predicted molar refractivity (Wildman–Crippen MR) is 108 cm³/mol. The number of rotatable bonds is 5. The number of aryl methyl sites for hydroxylation is 1. The molecule has 9 nitrogen and oxygen atoms in total. The zero-order valence-corrected chi connectivity index (χ0v) is 16.4. The molecule has 1 amide bonds. The summed E-state index contributed by atoms with van der Waals surface area (Å²) in [7, 11) is 1.60. The van der Waals surface area contributed by atoms with Crippen LogP contribution < -0.4 is 15.0 Å². The molecule has 0 aliphatic carbocycles. The van der Waals surface area contributed by atoms with Gasteiger partial charge in [-0.1, -0.05) is 6.07 Å². The Labute approximate surface area is 168 Å². The van der Waals surface area contributed by atoms with Gasteiger partial charge in [0, 0.05) is 19.2 Å². The van der Waals surface area contributed by atoms with Gasteiger partial charge in [-0.05, 0) is 37.5 Å². The van der Waals surface area contributed by atoms with Gasteiger partial charge >= 0.3 is 0 Å². The molecule has 150 valence electrons. The zero-order valence-electron chi connectivity index (χ0n) is 16.4. The summed E-state index contributed by atoms with van der Waals surface area (Å²) in [6, 6.07) is 7.61. The first-order valence-electron chi connectivity index (χ1n) is 9.51. The van der Waals surface area contributed by atoms with Crippen molar-refractivity contribution in [1.82, 2.24) is 24.7 Å². The molecule has 1 aliphatic rings. The van der Waals surface area contributed by atoms with Crippen molar-refractivity contribution in [3.05, 3.63) is 48.8 Å². The van der Waals surface area contributed by atoms with Crippen LogP contribution in [0, 0.1) is 12.8 Å². The van der Waals surface area contributed by atoms with E-state index in [1.165, 1.54) is 12.7 Å². The van der Waals surface area contributed by atoms with Crippen molar-refractivity contribution in [2.75, 3.05) is 30.4 Å². The lowest BCUT2D eigenvalue weighted by Crippen LogP contribution is -2.41. The van der Waals surface area contributed by atoms with Gasteiger partial charge in [0.05, 0.1) is 18.7 Å². The lowest BCUT2D eigenvalue weighted by atomic mass is 9.97. The molecule has 3 heterocycles. The Morgan fingerprint density at radius 1 is 1.21 bits per heavy atom. The largest absolute Gasteiger partial charge is 0.495 e. The van der Waals surface area contributed by atoms with Crippen LogP contribution in [0.25, 0.3) is 5.82 Å². The van der Waals surface area contributed by atoms with Crippen molar-refractivity contribution in [2.24, 2.45) is 5.92 Å². The fraction of sp³-hybridized carbons (Fsp3) is 0.350. The molecule has 29 heavy (non-hydrogen) atoms. The first-order valence-corrected chi connectivity index (χ1v) is 9.51. The number of methoxy groups -OCH3 is 1. The molecule has 9 heteroatoms. The average Bonchev–Trinajstić information content (AvgIpc) is 3.29. The number of anilines is 2. The molecule has 1 N–H and O–H groups in total. The third kappa shape index (κ3) is 4.18.